The van der Waals surface area contributed by atoms with Crippen molar-refractivity contribution in [3.8, 4) is 11.1 Å². The van der Waals surface area contributed by atoms with Crippen LogP contribution in [0.25, 0.3) is 11.1 Å². The van der Waals surface area contributed by atoms with Crippen molar-refractivity contribution < 1.29 is 22.7 Å². The molecule has 0 bridgehead atoms. The number of thioether (sulfide) groups is 1. The van der Waals surface area contributed by atoms with E-state index in [4.69, 9.17) is 0 Å². The second-order valence-corrected chi connectivity index (χ2v) is 8.99. The van der Waals surface area contributed by atoms with Crippen LogP contribution in [-0.2, 0) is 5.60 Å². The first-order valence-electron chi connectivity index (χ1n) is 9.06. The van der Waals surface area contributed by atoms with Crippen molar-refractivity contribution in [1.82, 2.24) is 9.97 Å². The first-order valence-corrected chi connectivity index (χ1v) is 9.87. The van der Waals surface area contributed by atoms with Crippen LogP contribution in [0.4, 0.5) is 17.6 Å². The van der Waals surface area contributed by atoms with Crippen molar-refractivity contribution in [2.75, 3.05) is 0 Å². The molecule has 3 rings (SSSR count). The quantitative estimate of drug-likeness (QED) is 0.392. The maximum Gasteiger partial charge on any atom is 0.446 e. The van der Waals surface area contributed by atoms with E-state index in [-0.39, 0.29) is 22.2 Å². The van der Waals surface area contributed by atoms with Crippen LogP contribution in [0.5, 0.6) is 0 Å². The standard InChI is InChI=1S/C22H20F4N2OS/c1-20(2,3)21(29,16-11-27-13-28-12-16)18-9-6-15(10-19(18)23)14-4-7-17(8-5-14)30-22(24,25)26/h4-13,29H,1-3H3. The molecular weight excluding hydrogens is 416 g/mol. The summed E-state index contributed by atoms with van der Waals surface area (Å²) in [6.07, 6.45) is 4.22. The zero-order valence-electron chi connectivity index (χ0n) is 16.5. The fraction of sp³-hybridized carbons (Fsp3) is 0.273. The molecule has 158 valence electrons. The lowest BCUT2D eigenvalue weighted by Gasteiger charge is -2.41. The molecule has 3 aromatic rings. The summed E-state index contributed by atoms with van der Waals surface area (Å²) in [6.45, 7) is 5.35. The fourth-order valence-electron chi connectivity index (χ4n) is 3.32. The molecule has 0 fully saturated rings. The lowest BCUT2D eigenvalue weighted by Crippen LogP contribution is -2.42. The number of halogens is 4. The Morgan fingerprint density at radius 3 is 1.93 bits per heavy atom. The topological polar surface area (TPSA) is 46.0 Å². The van der Waals surface area contributed by atoms with Crippen LogP contribution in [0.15, 0.2) is 66.1 Å². The van der Waals surface area contributed by atoms with E-state index in [0.29, 0.717) is 16.7 Å². The van der Waals surface area contributed by atoms with Gasteiger partial charge in [0.2, 0.25) is 0 Å². The lowest BCUT2D eigenvalue weighted by atomic mass is 9.68. The van der Waals surface area contributed by atoms with Gasteiger partial charge in [-0.2, -0.15) is 13.2 Å². The van der Waals surface area contributed by atoms with Crippen molar-refractivity contribution in [1.29, 1.82) is 0 Å². The summed E-state index contributed by atoms with van der Waals surface area (Å²) in [5.74, 6) is -0.637. The third-order valence-corrected chi connectivity index (χ3v) is 5.58. The van der Waals surface area contributed by atoms with Gasteiger partial charge < -0.3 is 5.11 Å². The number of hydrogen-bond acceptors (Lipinski definition) is 4. The van der Waals surface area contributed by atoms with Crippen molar-refractivity contribution >= 4 is 11.8 Å². The van der Waals surface area contributed by atoms with Crippen molar-refractivity contribution in [2.45, 2.75) is 36.8 Å². The zero-order valence-corrected chi connectivity index (χ0v) is 17.4. The number of benzene rings is 2. The number of alkyl halides is 3. The Labute approximate surface area is 176 Å². The van der Waals surface area contributed by atoms with Crippen LogP contribution in [0.3, 0.4) is 0 Å². The molecule has 1 aromatic heterocycles. The summed E-state index contributed by atoms with van der Waals surface area (Å²) in [5.41, 5.74) is -5.36. The normalized spacial score (nSPS) is 14.4. The number of rotatable bonds is 4. The summed E-state index contributed by atoms with van der Waals surface area (Å²) in [4.78, 5) is 7.94. The van der Waals surface area contributed by atoms with Crippen LogP contribution in [-0.4, -0.2) is 20.6 Å². The predicted molar refractivity (Wildman–Crippen MR) is 108 cm³/mol. The van der Waals surface area contributed by atoms with E-state index in [1.54, 1.807) is 26.8 Å². The molecule has 0 amide bonds. The highest BCUT2D eigenvalue weighted by molar-refractivity contribution is 8.00. The van der Waals surface area contributed by atoms with Gasteiger partial charge in [-0.3, -0.25) is 0 Å². The number of hydrogen-bond donors (Lipinski definition) is 1. The highest BCUT2D eigenvalue weighted by atomic mass is 32.2. The largest absolute Gasteiger partial charge is 0.446 e. The average Bonchev–Trinajstić information content (AvgIpc) is 2.66. The van der Waals surface area contributed by atoms with Gasteiger partial charge in [-0.25, -0.2) is 14.4 Å². The number of nitrogens with zero attached hydrogens (tertiary/aromatic N) is 2. The van der Waals surface area contributed by atoms with E-state index in [1.807, 2.05) is 0 Å². The Balaban J connectivity index is 2.00. The van der Waals surface area contributed by atoms with Crippen molar-refractivity contribution in [3.63, 3.8) is 0 Å². The van der Waals surface area contributed by atoms with E-state index >= 15 is 4.39 Å². The van der Waals surface area contributed by atoms with Crippen LogP contribution in [0.2, 0.25) is 0 Å². The van der Waals surface area contributed by atoms with E-state index in [9.17, 15) is 18.3 Å². The molecule has 30 heavy (non-hydrogen) atoms. The van der Waals surface area contributed by atoms with Gasteiger partial charge in [0, 0.05) is 28.4 Å². The van der Waals surface area contributed by atoms with Gasteiger partial charge in [0.15, 0.2) is 0 Å². The second kappa shape index (κ2) is 8.00. The van der Waals surface area contributed by atoms with Gasteiger partial charge in [-0.1, -0.05) is 45.0 Å². The van der Waals surface area contributed by atoms with Gasteiger partial charge in [0.25, 0.3) is 0 Å². The molecule has 1 unspecified atom stereocenters. The highest BCUT2D eigenvalue weighted by Gasteiger charge is 2.45. The van der Waals surface area contributed by atoms with E-state index in [1.165, 1.54) is 55.1 Å². The molecule has 0 saturated heterocycles. The summed E-state index contributed by atoms with van der Waals surface area (Å²) >= 11 is -0.205. The summed E-state index contributed by atoms with van der Waals surface area (Å²) in [6, 6.07) is 10.1. The molecule has 0 aliphatic rings. The van der Waals surface area contributed by atoms with Crippen molar-refractivity contribution in [2.24, 2.45) is 5.41 Å². The van der Waals surface area contributed by atoms with Gasteiger partial charge in [-0.15, -0.1) is 0 Å². The molecule has 1 atom stereocenters. The maximum atomic E-state index is 15.2. The van der Waals surface area contributed by atoms with Crippen LogP contribution in [0.1, 0.15) is 31.9 Å². The smallest absolute Gasteiger partial charge is 0.380 e. The van der Waals surface area contributed by atoms with E-state index < -0.39 is 22.3 Å². The summed E-state index contributed by atoms with van der Waals surface area (Å²) in [7, 11) is 0. The Kier molecular flexibility index (Phi) is 5.93. The molecule has 0 radical (unpaired) electrons. The van der Waals surface area contributed by atoms with Gasteiger partial charge in [0.1, 0.15) is 17.7 Å². The van der Waals surface area contributed by atoms with E-state index in [0.717, 1.165) is 0 Å². The Morgan fingerprint density at radius 1 is 0.867 bits per heavy atom. The van der Waals surface area contributed by atoms with Gasteiger partial charge in [0.05, 0.1) is 0 Å². The maximum absolute atomic E-state index is 15.2. The number of aromatic nitrogens is 2. The monoisotopic (exact) mass is 436 g/mol. The van der Waals surface area contributed by atoms with Crippen LogP contribution < -0.4 is 0 Å². The highest BCUT2D eigenvalue weighted by Crippen LogP contribution is 2.45. The lowest BCUT2D eigenvalue weighted by molar-refractivity contribution is -0.0328. The summed E-state index contributed by atoms with van der Waals surface area (Å²) < 4.78 is 52.7. The van der Waals surface area contributed by atoms with Gasteiger partial charge >= 0.3 is 5.51 Å². The van der Waals surface area contributed by atoms with Crippen LogP contribution in [0, 0.1) is 11.2 Å². The first-order chi connectivity index (χ1) is 13.9. The van der Waals surface area contributed by atoms with Crippen molar-refractivity contribution in [3.05, 3.63) is 78.1 Å². The Morgan fingerprint density at radius 2 is 1.43 bits per heavy atom. The third-order valence-electron chi connectivity index (χ3n) is 4.84. The number of aliphatic hydroxyl groups is 1. The minimum Gasteiger partial charge on any atom is -0.380 e. The molecule has 0 saturated carbocycles. The Hall–Kier alpha value is -2.45. The molecule has 0 aliphatic carbocycles. The fourth-order valence-corrected chi connectivity index (χ4v) is 3.86. The molecule has 3 nitrogen and oxygen atoms in total. The Bertz CT molecular complexity index is 1020. The minimum atomic E-state index is -4.37. The zero-order chi connectivity index (χ0) is 22.2. The summed E-state index contributed by atoms with van der Waals surface area (Å²) in [5, 5.41) is 11.5. The molecule has 1 heterocycles. The second-order valence-electron chi connectivity index (χ2n) is 7.85. The molecular formula is C22H20F4N2OS. The van der Waals surface area contributed by atoms with Crippen LogP contribution >= 0.6 is 11.8 Å². The predicted octanol–water partition coefficient (Wildman–Crippen LogP) is 6.18. The first kappa shape index (κ1) is 22.2. The third kappa shape index (κ3) is 4.49. The molecule has 1 N–H and O–H groups in total. The minimum absolute atomic E-state index is 0.0505. The van der Waals surface area contributed by atoms with E-state index in [2.05, 4.69) is 9.97 Å². The molecule has 0 aliphatic heterocycles. The molecule has 2 aromatic carbocycles. The SMILES string of the molecule is CC(C)(C)C(O)(c1cncnc1)c1ccc(-c2ccc(SC(F)(F)F)cc2)cc1F. The van der Waals surface area contributed by atoms with Gasteiger partial charge in [-0.05, 0) is 46.5 Å². The average molecular weight is 436 g/mol. The molecule has 0 spiro atoms. The molecule has 8 heteroatoms.